The van der Waals surface area contributed by atoms with Gasteiger partial charge in [0.05, 0.1) is 12.3 Å². The molecule has 2 rings (SSSR count). The molecular formula is C8H12N2O. The van der Waals surface area contributed by atoms with Crippen molar-refractivity contribution >= 4 is 0 Å². The smallest absolute Gasteiger partial charge is 0.0881 e. The van der Waals surface area contributed by atoms with Gasteiger partial charge in [0.1, 0.15) is 0 Å². The first-order chi connectivity index (χ1) is 5.31. The van der Waals surface area contributed by atoms with Crippen LogP contribution in [0.4, 0.5) is 0 Å². The van der Waals surface area contributed by atoms with Gasteiger partial charge in [-0.05, 0) is 25.8 Å². The van der Waals surface area contributed by atoms with E-state index in [2.05, 4.69) is 12.0 Å². The van der Waals surface area contributed by atoms with Crippen LogP contribution < -0.4 is 0 Å². The van der Waals surface area contributed by atoms with E-state index in [1.54, 1.807) is 0 Å². The Morgan fingerprint density at radius 2 is 2.64 bits per heavy atom. The Morgan fingerprint density at radius 3 is 3.27 bits per heavy atom. The second-order valence-electron chi connectivity index (χ2n) is 3.12. The molecule has 1 aromatic rings. The van der Waals surface area contributed by atoms with Crippen molar-refractivity contribution in [3.63, 3.8) is 0 Å². The van der Waals surface area contributed by atoms with Crippen molar-refractivity contribution in [3.05, 3.63) is 17.5 Å². The van der Waals surface area contributed by atoms with Crippen molar-refractivity contribution in [2.24, 2.45) is 0 Å². The molecule has 0 spiro atoms. The minimum absolute atomic E-state index is 0.0622. The van der Waals surface area contributed by atoms with E-state index in [0.717, 1.165) is 12.1 Å². The summed E-state index contributed by atoms with van der Waals surface area (Å²) >= 11 is 0. The van der Waals surface area contributed by atoms with Crippen LogP contribution in [0.1, 0.15) is 30.8 Å². The van der Waals surface area contributed by atoms with Crippen LogP contribution >= 0.6 is 0 Å². The fraction of sp³-hybridized carbons (Fsp3) is 0.625. The van der Waals surface area contributed by atoms with E-state index < -0.39 is 0 Å². The maximum Gasteiger partial charge on any atom is 0.0881 e. The fourth-order valence-corrected chi connectivity index (χ4v) is 1.61. The van der Waals surface area contributed by atoms with Gasteiger partial charge < -0.3 is 5.11 Å². The molecule has 3 heteroatoms. The molecule has 3 nitrogen and oxygen atoms in total. The van der Waals surface area contributed by atoms with Crippen LogP contribution in [0.3, 0.4) is 0 Å². The molecule has 11 heavy (non-hydrogen) atoms. The summed E-state index contributed by atoms with van der Waals surface area (Å²) in [6.45, 7) is 2.22. The minimum atomic E-state index is 0.0622. The first kappa shape index (κ1) is 6.85. The molecule has 0 radical (unpaired) electrons. The molecule has 0 saturated carbocycles. The van der Waals surface area contributed by atoms with Crippen molar-refractivity contribution in [2.45, 2.75) is 32.4 Å². The van der Waals surface area contributed by atoms with Crippen molar-refractivity contribution in [3.8, 4) is 0 Å². The third-order valence-electron chi connectivity index (χ3n) is 2.26. The SMILES string of the molecule is CC1CCc2cc(CO)nn21. The van der Waals surface area contributed by atoms with Crippen LogP contribution in [0.2, 0.25) is 0 Å². The van der Waals surface area contributed by atoms with Gasteiger partial charge >= 0.3 is 0 Å². The number of hydrogen-bond donors (Lipinski definition) is 1. The summed E-state index contributed by atoms with van der Waals surface area (Å²) in [7, 11) is 0. The van der Waals surface area contributed by atoms with E-state index in [1.165, 1.54) is 12.1 Å². The van der Waals surface area contributed by atoms with Gasteiger partial charge in [-0.3, -0.25) is 4.68 Å². The summed E-state index contributed by atoms with van der Waals surface area (Å²) < 4.78 is 2.02. The highest BCUT2D eigenvalue weighted by Gasteiger charge is 2.19. The number of fused-ring (bicyclic) bond motifs is 1. The van der Waals surface area contributed by atoms with Gasteiger partial charge in [-0.2, -0.15) is 5.10 Å². The van der Waals surface area contributed by atoms with Gasteiger partial charge in [0.2, 0.25) is 0 Å². The molecule has 1 aliphatic rings. The molecule has 1 aromatic heterocycles. The summed E-state index contributed by atoms with van der Waals surface area (Å²) in [4.78, 5) is 0. The van der Waals surface area contributed by atoms with Gasteiger partial charge in [-0.25, -0.2) is 0 Å². The molecule has 0 bridgehead atoms. The molecule has 0 aromatic carbocycles. The molecule has 2 heterocycles. The monoisotopic (exact) mass is 152 g/mol. The molecule has 0 fully saturated rings. The zero-order valence-electron chi connectivity index (χ0n) is 6.62. The average Bonchev–Trinajstić information content (AvgIpc) is 2.53. The number of aromatic nitrogens is 2. The summed E-state index contributed by atoms with van der Waals surface area (Å²) in [6.07, 6.45) is 2.29. The summed E-state index contributed by atoms with van der Waals surface area (Å²) in [5.41, 5.74) is 2.06. The Balaban J connectivity index is 2.38. The predicted molar refractivity (Wildman–Crippen MR) is 41.2 cm³/mol. The lowest BCUT2D eigenvalue weighted by atomic mass is 10.2. The standard InChI is InChI=1S/C8H12N2O/c1-6-2-3-8-4-7(5-11)9-10(6)8/h4,6,11H,2-3,5H2,1H3. The third-order valence-corrected chi connectivity index (χ3v) is 2.26. The van der Waals surface area contributed by atoms with Crippen molar-refractivity contribution in [1.29, 1.82) is 0 Å². The van der Waals surface area contributed by atoms with E-state index in [4.69, 9.17) is 5.11 Å². The number of aliphatic hydroxyl groups excluding tert-OH is 1. The van der Waals surface area contributed by atoms with E-state index in [9.17, 15) is 0 Å². The van der Waals surface area contributed by atoms with Gasteiger partial charge in [0.15, 0.2) is 0 Å². The molecule has 0 saturated heterocycles. The molecule has 1 aliphatic heterocycles. The average molecular weight is 152 g/mol. The summed E-state index contributed by atoms with van der Waals surface area (Å²) in [5, 5.41) is 13.1. The normalized spacial score (nSPS) is 22.2. The van der Waals surface area contributed by atoms with Crippen LogP contribution in [0.25, 0.3) is 0 Å². The lowest BCUT2D eigenvalue weighted by Crippen LogP contribution is -2.01. The minimum Gasteiger partial charge on any atom is -0.390 e. The first-order valence-corrected chi connectivity index (χ1v) is 3.99. The van der Waals surface area contributed by atoms with Crippen LogP contribution in [-0.4, -0.2) is 14.9 Å². The molecule has 1 N–H and O–H groups in total. The summed E-state index contributed by atoms with van der Waals surface area (Å²) in [6, 6.07) is 2.51. The molecule has 1 atom stereocenters. The van der Waals surface area contributed by atoms with E-state index in [0.29, 0.717) is 6.04 Å². The molecule has 1 unspecified atom stereocenters. The van der Waals surface area contributed by atoms with Gasteiger partial charge in [-0.15, -0.1) is 0 Å². The maximum atomic E-state index is 8.81. The van der Waals surface area contributed by atoms with Crippen LogP contribution in [-0.2, 0) is 13.0 Å². The predicted octanol–water partition coefficient (Wildman–Crippen LogP) is 0.883. The van der Waals surface area contributed by atoms with Crippen LogP contribution in [0.5, 0.6) is 0 Å². The third kappa shape index (κ3) is 0.959. The molecule has 0 aliphatic carbocycles. The highest BCUT2D eigenvalue weighted by Crippen LogP contribution is 2.24. The second-order valence-corrected chi connectivity index (χ2v) is 3.12. The molecule has 60 valence electrons. The van der Waals surface area contributed by atoms with E-state index in [-0.39, 0.29) is 6.61 Å². The lowest BCUT2D eigenvalue weighted by molar-refractivity contribution is 0.274. The van der Waals surface area contributed by atoms with Crippen LogP contribution in [0, 0.1) is 0 Å². The number of aliphatic hydroxyl groups is 1. The molecular weight excluding hydrogens is 140 g/mol. The summed E-state index contributed by atoms with van der Waals surface area (Å²) in [5.74, 6) is 0. The zero-order valence-corrected chi connectivity index (χ0v) is 6.62. The Morgan fingerprint density at radius 1 is 1.82 bits per heavy atom. The number of nitrogens with zero attached hydrogens (tertiary/aromatic N) is 2. The highest BCUT2D eigenvalue weighted by atomic mass is 16.3. The Hall–Kier alpha value is -0.830. The Kier molecular flexibility index (Phi) is 1.46. The van der Waals surface area contributed by atoms with Gasteiger partial charge in [0, 0.05) is 11.7 Å². The zero-order chi connectivity index (χ0) is 7.84. The quantitative estimate of drug-likeness (QED) is 0.648. The first-order valence-electron chi connectivity index (χ1n) is 3.99. The van der Waals surface area contributed by atoms with Crippen molar-refractivity contribution < 1.29 is 5.11 Å². The van der Waals surface area contributed by atoms with E-state index >= 15 is 0 Å². The maximum absolute atomic E-state index is 8.81. The Labute approximate surface area is 65.7 Å². The second kappa shape index (κ2) is 2.34. The van der Waals surface area contributed by atoms with Crippen molar-refractivity contribution in [2.75, 3.05) is 0 Å². The Bertz CT molecular complexity index is 267. The number of rotatable bonds is 1. The van der Waals surface area contributed by atoms with Gasteiger partial charge in [-0.1, -0.05) is 0 Å². The van der Waals surface area contributed by atoms with Crippen LogP contribution in [0.15, 0.2) is 6.07 Å². The lowest BCUT2D eigenvalue weighted by Gasteiger charge is -2.02. The van der Waals surface area contributed by atoms with Crippen molar-refractivity contribution in [1.82, 2.24) is 9.78 Å². The highest BCUT2D eigenvalue weighted by molar-refractivity contribution is 5.13. The number of hydrogen-bond acceptors (Lipinski definition) is 2. The fourth-order valence-electron chi connectivity index (χ4n) is 1.61. The topological polar surface area (TPSA) is 38.1 Å². The number of aryl methyl sites for hydroxylation is 1. The largest absolute Gasteiger partial charge is 0.390 e. The van der Waals surface area contributed by atoms with E-state index in [1.807, 2.05) is 10.7 Å². The molecule has 0 amide bonds. The van der Waals surface area contributed by atoms with Gasteiger partial charge in [0.25, 0.3) is 0 Å².